The number of aromatic nitrogens is 2. The van der Waals surface area contributed by atoms with Crippen LogP contribution in [-0.2, 0) is 25.6 Å². The highest BCUT2D eigenvalue weighted by atomic mass is 32.1. The van der Waals surface area contributed by atoms with Gasteiger partial charge in [-0.25, -0.2) is 9.78 Å². The van der Waals surface area contributed by atoms with E-state index in [4.69, 9.17) is 10.8 Å². The summed E-state index contributed by atoms with van der Waals surface area (Å²) in [5.74, 6) is -3.44. The van der Waals surface area contributed by atoms with Crippen molar-refractivity contribution < 1.29 is 29.4 Å². The predicted octanol–water partition coefficient (Wildman–Crippen LogP) is -3.24. The Bertz CT molecular complexity index is 683. The minimum Gasteiger partial charge on any atom is -0.480 e. The van der Waals surface area contributed by atoms with Gasteiger partial charge in [-0.05, 0) is 6.92 Å². The highest BCUT2D eigenvalue weighted by Crippen LogP contribution is 2.01. The molecule has 0 saturated heterocycles. The molecule has 0 bridgehead atoms. The number of carbonyl (C=O) groups is 4. The van der Waals surface area contributed by atoms with Gasteiger partial charge in [0.1, 0.15) is 6.04 Å². The number of thiol groups is 1. The third-order valence-corrected chi connectivity index (χ3v) is 4.03. The van der Waals surface area contributed by atoms with E-state index in [1.807, 2.05) is 0 Å². The summed E-state index contributed by atoms with van der Waals surface area (Å²) >= 11 is 3.88. The normalized spacial score (nSPS) is 15.0. The number of carbonyl (C=O) groups excluding carboxylic acids is 3. The lowest BCUT2D eigenvalue weighted by atomic mass is 10.1. The van der Waals surface area contributed by atoms with Crippen LogP contribution >= 0.6 is 12.6 Å². The summed E-state index contributed by atoms with van der Waals surface area (Å²) < 4.78 is 0. The summed E-state index contributed by atoms with van der Waals surface area (Å²) in [6.07, 6.45) is 1.44. The van der Waals surface area contributed by atoms with Crippen molar-refractivity contribution >= 4 is 36.3 Å². The molecule has 0 radical (unpaired) electrons. The number of aromatic amines is 1. The summed E-state index contributed by atoms with van der Waals surface area (Å²) in [6.45, 7) is 0.771. The van der Waals surface area contributed by atoms with E-state index in [0.29, 0.717) is 5.69 Å². The second-order valence-corrected chi connectivity index (χ2v) is 6.34. The monoisotopic (exact) mass is 416 g/mol. The van der Waals surface area contributed by atoms with Gasteiger partial charge in [-0.3, -0.25) is 14.4 Å². The summed E-state index contributed by atoms with van der Waals surface area (Å²) in [5, 5.41) is 25.5. The first-order chi connectivity index (χ1) is 13.1. The second kappa shape index (κ2) is 11.3. The molecule has 0 aliphatic rings. The number of nitrogens with two attached hydrogens (primary N) is 1. The van der Waals surface area contributed by atoms with Crippen LogP contribution in [-0.4, -0.2) is 80.4 Å². The number of hydrogen-bond donors (Lipinski definition) is 8. The van der Waals surface area contributed by atoms with Gasteiger partial charge >= 0.3 is 5.97 Å². The molecule has 8 N–H and O–H groups in total. The van der Waals surface area contributed by atoms with E-state index >= 15 is 0 Å². The standard InChI is InChI=1S/C15H24N6O6S/c1-7(22)12(15(26)27)21-14(25)10(2-8-3-17-6-19-8)20-11(23)4-18-13(24)9(16)5-28/h3,6-7,9-10,12,22,28H,2,4-5,16H2,1H3,(H,17,19)(H,18,24)(H,20,23)(H,21,25)(H,26,27). The smallest absolute Gasteiger partial charge is 0.328 e. The Hall–Kier alpha value is -2.64. The number of aliphatic hydroxyl groups excluding tert-OH is 1. The topological polar surface area (TPSA) is 200 Å². The molecule has 156 valence electrons. The SMILES string of the molecule is CC(O)C(NC(=O)C(Cc1cnc[nH]1)NC(=O)CNC(=O)C(N)CS)C(=O)O. The minimum absolute atomic E-state index is 0.0200. The van der Waals surface area contributed by atoms with E-state index in [1.165, 1.54) is 19.4 Å². The Morgan fingerprint density at radius 2 is 1.96 bits per heavy atom. The largest absolute Gasteiger partial charge is 0.480 e. The molecule has 3 amide bonds. The van der Waals surface area contributed by atoms with E-state index in [1.54, 1.807) is 0 Å². The maximum absolute atomic E-state index is 12.5. The molecular weight excluding hydrogens is 392 g/mol. The predicted molar refractivity (Wildman–Crippen MR) is 100 cm³/mol. The molecule has 4 unspecified atom stereocenters. The molecule has 0 aliphatic carbocycles. The number of imidazole rings is 1. The van der Waals surface area contributed by atoms with Gasteiger partial charge in [0.25, 0.3) is 0 Å². The molecule has 1 aromatic rings. The summed E-state index contributed by atoms with van der Waals surface area (Å²) in [6, 6.07) is -3.62. The van der Waals surface area contributed by atoms with Gasteiger partial charge in [0.15, 0.2) is 6.04 Å². The molecule has 0 aliphatic heterocycles. The first-order valence-corrected chi connectivity index (χ1v) is 8.91. The molecular formula is C15H24N6O6S. The molecule has 28 heavy (non-hydrogen) atoms. The van der Waals surface area contributed by atoms with Crippen LogP contribution < -0.4 is 21.7 Å². The first kappa shape index (κ1) is 23.4. The minimum atomic E-state index is -1.55. The van der Waals surface area contributed by atoms with Crippen molar-refractivity contribution in [3.63, 3.8) is 0 Å². The lowest BCUT2D eigenvalue weighted by Gasteiger charge is -2.22. The number of aliphatic hydroxyl groups is 1. The molecule has 0 spiro atoms. The Morgan fingerprint density at radius 1 is 1.29 bits per heavy atom. The molecule has 1 aromatic heterocycles. The van der Waals surface area contributed by atoms with Gasteiger partial charge < -0.3 is 36.9 Å². The number of nitrogens with one attached hydrogen (secondary N) is 4. The summed E-state index contributed by atoms with van der Waals surface area (Å²) in [4.78, 5) is 53.9. The average molecular weight is 416 g/mol. The van der Waals surface area contributed by atoms with E-state index in [-0.39, 0.29) is 12.2 Å². The lowest BCUT2D eigenvalue weighted by Crippen LogP contribution is -2.56. The van der Waals surface area contributed by atoms with E-state index in [0.717, 1.165) is 0 Å². The van der Waals surface area contributed by atoms with E-state index < -0.39 is 54.5 Å². The van der Waals surface area contributed by atoms with Crippen molar-refractivity contribution in [1.82, 2.24) is 25.9 Å². The third kappa shape index (κ3) is 7.54. The number of carboxylic acids is 1. The molecule has 0 fully saturated rings. The van der Waals surface area contributed by atoms with Gasteiger partial charge in [-0.15, -0.1) is 0 Å². The first-order valence-electron chi connectivity index (χ1n) is 8.27. The van der Waals surface area contributed by atoms with Crippen LogP contribution in [0.5, 0.6) is 0 Å². The fourth-order valence-corrected chi connectivity index (χ4v) is 2.26. The van der Waals surface area contributed by atoms with Gasteiger partial charge in [0.05, 0.1) is 25.0 Å². The van der Waals surface area contributed by atoms with E-state index in [9.17, 15) is 24.3 Å². The maximum Gasteiger partial charge on any atom is 0.328 e. The number of amides is 3. The van der Waals surface area contributed by atoms with Crippen LogP contribution in [0.4, 0.5) is 0 Å². The number of aliphatic carboxylic acids is 1. The van der Waals surface area contributed by atoms with Crippen molar-refractivity contribution in [1.29, 1.82) is 0 Å². The molecule has 0 saturated carbocycles. The second-order valence-electron chi connectivity index (χ2n) is 5.97. The third-order valence-electron chi connectivity index (χ3n) is 3.63. The maximum atomic E-state index is 12.5. The number of rotatable bonds is 11. The summed E-state index contributed by atoms with van der Waals surface area (Å²) in [5.41, 5.74) is 5.98. The summed E-state index contributed by atoms with van der Waals surface area (Å²) in [7, 11) is 0. The molecule has 0 aromatic carbocycles. The number of hydrogen-bond acceptors (Lipinski definition) is 8. The van der Waals surface area contributed by atoms with Crippen LogP contribution in [0.15, 0.2) is 12.5 Å². The number of nitrogens with zero attached hydrogens (tertiary/aromatic N) is 1. The highest BCUT2D eigenvalue weighted by molar-refractivity contribution is 7.80. The van der Waals surface area contributed by atoms with Crippen LogP contribution in [0.2, 0.25) is 0 Å². The average Bonchev–Trinajstić information content (AvgIpc) is 3.15. The van der Waals surface area contributed by atoms with Crippen molar-refractivity contribution in [3.05, 3.63) is 18.2 Å². The molecule has 1 heterocycles. The quantitative estimate of drug-likeness (QED) is 0.172. The van der Waals surface area contributed by atoms with Crippen LogP contribution in [0, 0.1) is 0 Å². The van der Waals surface area contributed by atoms with E-state index in [2.05, 4.69) is 38.5 Å². The Balaban J connectivity index is 2.78. The molecule has 13 heteroatoms. The highest BCUT2D eigenvalue weighted by Gasteiger charge is 2.30. The number of H-pyrrole nitrogens is 1. The zero-order valence-corrected chi connectivity index (χ0v) is 16.0. The Morgan fingerprint density at radius 3 is 2.46 bits per heavy atom. The van der Waals surface area contributed by atoms with Gasteiger partial charge in [-0.1, -0.05) is 0 Å². The fourth-order valence-electron chi connectivity index (χ4n) is 2.09. The lowest BCUT2D eigenvalue weighted by molar-refractivity contribution is -0.145. The van der Waals surface area contributed by atoms with Gasteiger partial charge in [0.2, 0.25) is 17.7 Å². The molecule has 12 nitrogen and oxygen atoms in total. The molecule has 4 atom stereocenters. The van der Waals surface area contributed by atoms with Gasteiger partial charge in [0, 0.05) is 24.1 Å². The zero-order valence-electron chi connectivity index (χ0n) is 15.1. The van der Waals surface area contributed by atoms with Crippen LogP contribution in [0.25, 0.3) is 0 Å². The van der Waals surface area contributed by atoms with Gasteiger partial charge in [-0.2, -0.15) is 12.6 Å². The van der Waals surface area contributed by atoms with Crippen molar-refractivity contribution in [2.45, 2.75) is 37.6 Å². The van der Waals surface area contributed by atoms with Crippen molar-refractivity contribution in [2.24, 2.45) is 5.73 Å². The van der Waals surface area contributed by atoms with Crippen molar-refractivity contribution in [3.8, 4) is 0 Å². The zero-order chi connectivity index (χ0) is 21.3. The Labute approximate surface area is 166 Å². The Kier molecular flexibility index (Phi) is 9.41. The van der Waals surface area contributed by atoms with Crippen LogP contribution in [0.1, 0.15) is 12.6 Å². The fraction of sp³-hybridized carbons (Fsp3) is 0.533. The molecule has 1 rings (SSSR count). The van der Waals surface area contributed by atoms with Crippen molar-refractivity contribution in [2.75, 3.05) is 12.3 Å². The number of carboxylic acid groups (broad SMARTS) is 1. The van der Waals surface area contributed by atoms with Crippen LogP contribution in [0.3, 0.4) is 0 Å².